The predicted molar refractivity (Wildman–Crippen MR) is 71.6 cm³/mol. The van der Waals surface area contributed by atoms with Crippen LogP contribution in [-0.4, -0.2) is 0 Å². The Hall–Kier alpha value is -1.76. The summed E-state index contributed by atoms with van der Waals surface area (Å²) in [4.78, 5) is 5.23. The fourth-order valence-electron chi connectivity index (χ4n) is 2.25. The molecule has 0 saturated carbocycles. The second kappa shape index (κ2) is 4.62. The topological polar surface area (TPSA) is 47.3 Å². The molecule has 1 heterocycles. The first-order valence-electron chi connectivity index (χ1n) is 6.01. The number of hydroxylamine groups is 1. The van der Waals surface area contributed by atoms with Gasteiger partial charge >= 0.3 is 6.18 Å². The van der Waals surface area contributed by atoms with Gasteiger partial charge in [0.05, 0.1) is 5.56 Å². The molecule has 1 atom stereocenters. The first-order valence-corrected chi connectivity index (χ1v) is 6.39. The Morgan fingerprint density at radius 3 is 2.62 bits per heavy atom. The van der Waals surface area contributed by atoms with Gasteiger partial charge in [-0.3, -0.25) is 0 Å². The van der Waals surface area contributed by atoms with Crippen LogP contribution in [0.15, 0.2) is 42.5 Å². The molecule has 1 aliphatic heterocycles. The normalized spacial score (nSPS) is 21.0. The Balaban J connectivity index is 2.10. The maximum atomic E-state index is 12.8. The van der Waals surface area contributed by atoms with E-state index >= 15 is 0 Å². The van der Waals surface area contributed by atoms with Crippen LogP contribution in [0.5, 0.6) is 5.75 Å². The molecule has 1 aliphatic rings. The van der Waals surface area contributed by atoms with E-state index in [9.17, 15) is 13.2 Å². The summed E-state index contributed by atoms with van der Waals surface area (Å²) in [5.41, 5.74) is 7.42. The van der Waals surface area contributed by atoms with Crippen LogP contribution < -0.4 is 16.1 Å². The Morgan fingerprint density at radius 1 is 1.14 bits per heavy atom. The molecule has 0 aromatic heterocycles. The summed E-state index contributed by atoms with van der Waals surface area (Å²) in [6.07, 6.45) is -4.44. The average Bonchev–Trinajstić information content (AvgIpc) is 2.76. The summed E-state index contributed by atoms with van der Waals surface area (Å²) in [6.45, 7) is 0. The monoisotopic (exact) mass is 314 g/mol. The number of benzene rings is 2. The molecule has 7 heteroatoms. The number of nitrogens with one attached hydrogen (secondary N) is 1. The lowest BCUT2D eigenvalue weighted by molar-refractivity contribution is -0.137. The fourth-order valence-corrected chi connectivity index (χ4v) is 2.41. The summed E-state index contributed by atoms with van der Waals surface area (Å²) in [5.74, 6) is 0.391. The third-order valence-corrected chi connectivity index (χ3v) is 3.57. The third kappa shape index (κ3) is 2.35. The third-order valence-electron chi connectivity index (χ3n) is 3.34. The minimum absolute atomic E-state index is 0.249. The molecule has 0 saturated heterocycles. The summed E-state index contributed by atoms with van der Waals surface area (Å²) in [6, 6.07) is 9.58. The lowest BCUT2D eigenvalue weighted by Crippen LogP contribution is -2.48. The SMILES string of the molecule is NC1(c2cccc(C(F)(F)F)c2)NOc2cc(Cl)ccc21. The van der Waals surface area contributed by atoms with Gasteiger partial charge in [0.15, 0.2) is 11.4 Å². The van der Waals surface area contributed by atoms with Gasteiger partial charge in [0.1, 0.15) is 0 Å². The molecule has 2 aromatic carbocycles. The van der Waals surface area contributed by atoms with Gasteiger partial charge in [-0.1, -0.05) is 29.8 Å². The molecule has 0 spiro atoms. The standard InChI is InChI=1S/C14H10ClF3N2O/c15-10-4-5-11-12(7-10)21-20-13(11,19)8-2-1-3-9(6-8)14(16,17)18/h1-7,20H,19H2. The lowest BCUT2D eigenvalue weighted by Gasteiger charge is -2.24. The van der Waals surface area contributed by atoms with Crippen LogP contribution in [0.2, 0.25) is 5.02 Å². The van der Waals surface area contributed by atoms with Crippen molar-refractivity contribution in [3.8, 4) is 5.75 Å². The van der Waals surface area contributed by atoms with Crippen molar-refractivity contribution in [1.82, 2.24) is 5.48 Å². The van der Waals surface area contributed by atoms with E-state index in [1.54, 1.807) is 18.2 Å². The Kier molecular flexibility index (Phi) is 3.12. The van der Waals surface area contributed by atoms with Crippen molar-refractivity contribution in [2.45, 2.75) is 11.8 Å². The molecule has 3 nitrogen and oxygen atoms in total. The first kappa shape index (κ1) is 14.2. The van der Waals surface area contributed by atoms with Gasteiger partial charge in [0, 0.05) is 16.7 Å². The van der Waals surface area contributed by atoms with Crippen LogP contribution >= 0.6 is 11.6 Å². The van der Waals surface area contributed by atoms with E-state index in [2.05, 4.69) is 5.48 Å². The molecule has 0 fully saturated rings. The predicted octanol–water partition coefficient (Wildman–Crippen LogP) is 3.42. The average molecular weight is 315 g/mol. The van der Waals surface area contributed by atoms with Crippen molar-refractivity contribution in [2.75, 3.05) is 0 Å². The number of halogens is 4. The zero-order valence-corrected chi connectivity index (χ0v) is 11.3. The molecular formula is C14H10ClF3N2O. The highest BCUT2D eigenvalue weighted by atomic mass is 35.5. The largest absolute Gasteiger partial charge is 0.416 e. The van der Waals surface area contributed by atoms with Gasteiger partial charge in [-0.15, -0.1) is 5.48 Å². The number of fused-ring (bicyclic) bond motifs is 1. The molecular weight excluding hydrogens is 305 g/mol. The van der Waals surface area contributed by atoms with E-state index in [0.717, 1.165) is 12.1 Å². The molecule has 110 valence electrons. The van der Waals surface area contributed by atoms with Crippen LogP contribution in [0.4, 0.5) is 13.2 Å². The van der Waals surface area contributed by atoms with Gasteiger partial charge in [0.2, 0.25) is 0 Å². The van der Waals surface area contributed by atoms with Crippen molar-refractivity contribution >= 4 is 11.6 Å². The van der Waals surface area contributed by atoms with Crippen molar-refractivity contribution < 1.29 is 18.0 Å². The van der Waals surface area contributed by atoms with E-state index in [4.69, 9.17) is 22.2 Å². The Bertz CT molecular complexity index is 705. The van der Waals surface area contributed by atoms with Crippen LogP contribution in [-0.2, 0) is 11.8 Å². The van der Waals surface area contributed by atoms with E-state index in [-0.39, 0.29) is 5.56 Å². The number of nitrogens with two attached hydrogens (primary N) is 1. The minimum atomic E-state index is -4.44. The zero-order valence-electron chi connectivity index (χ0n) is 10.5. The van der Waals surface area contributed by atoms with Crippen LogP contribution in [0.1, 0.15) is 16.7 Å². The van der Waals surface area contributed by atoms with Gasteiger partial charge < -0.3 is 10.6 Å². The molecule has 0 aliphatic carbocycles. The highest BCUT2D eigenvalue weighted by Crippen LogP contribution is 2.39. The van der Waals surface area contributed by atoms with Gasteiger partial charge in [-0.2, -0.15) is 13.2 Å². The van der Waals surface area contributed by atoms with E-state index in [1.165, 1.54) is 12.1 Å². The molecule has 1 unspecified atom stereocenters. The number of hydrogen-bond donors (Lipinski definition) is 2. The quantitative estimate of drug-likeness (QED) is 0.848. The maximum Gasteiger partial charge on any atom is 0.416 e. The zero-order chi connectivity index (χ0) is 15.3. The summed E-state index contributed by atoms with van der Waals surface area (Å²) >= 11 is 5.85. The number of alkyl halides is 3. The summed E-state index contributed by atoms with van der Waals surface area (Å²) < 4.78 is 38.5. The van der Waals surface area contributed by atoms with Crippen molar-refractivity contribution in [3.05, 3.63) is 64.2 Å². The van der Waals surface area contributed by atoms with Crippen LogP contribution in [0.3, 0.4) is 0 Å². The molecule has 21 heavy (non-hydrogen) atoms. The minimum Gasteiger partial charge on any atom is -0.406 e. The van der Waals surface area contributed by atoms with Crippen LogP contribution in [0.25, 0.3) is 0 Å². The van der Waals surface area contributed by atoms with E-state index in [1.807, 2.05) is 0 Å². The molecule has 3 rings (SSSR count). The Morgan fingerprint density at radius 2 is 1.90 bits per heavy atom. The lowest BCUT2D eigenvalue weighted by atomic mass is 9.91. The molecule has 0 radical (unpaired) electrons. The van der Waals surface area contributed by atoms with Gasteiger partial charge in [-0.25, -0.2) is 0 Å². The maximum absolute atomic E-state index is 12.8. The molecule has 0 bridgehead atoms. The van der Waals surface area contributed by atoms with Crippen molar-refractivity contribution in [2.24, 2.45) is 5.73 Å². The smallest absolute Gasteiger partial charge is 0.406 e. The highest BCUT2D eigenvalue weighted by molar-refractivity contribution is 6.30. The molecule has 3 N–H and O–H groups in total. The fraction of sp³-hybridized carbons (Fsp3) is 0.143. The summed E-state index contributed by atoms with van der Waals surface area (Å²) in [7, 11) is 0. The number of hydrogen-bond acceptors (Lipinski definition) is 3. The van der Waals surface area contributed by atoms with E-state index < -0.39 is 17.4 Å². The second-order valence-electron chi connectivity index (χ2n) is 4.73. The van der Waals surface area contributed by atoms with Gasteiger partial charge in [-0.05, 0) is 23.8 Å². The van der Waals surface area contributed by atoms with E-state index in [0.29, 0.717) is 16.3 Å². The van der Waals surface area contributed by atoms with Gasteiger partial charge in [0.25, 0.3) is 0 Å². The molecule has 0 amide bonds. The number of rotatable bonds is 1. The first-order chi connectivity index (χ1) is 9.80. The second-order valence-corrected chi connectivity index (χ2v) is 5.17. The van der Waals surface area contributed by atoms with Crippen molar-refractivity contribution in [1.29, 1.82) is 0 Å². The molecule has 2 aromatic rings. The van der Waals surface area contributed by atoms with Crippen LogP contribution in [0, 0.1) is 0 Å². The Labute approximate surface area is 123 Å². The summed E-state index contributed by atoms with van der Waals surface area (Å²) in [5, 5.41) is 0.448. The highest BCUT2D eigenvalue weighted by Gasteiger charge is 2.40. The van der Waals surface area contributed by atoms with Crippen molar-refractivity contribution in [3.63, 3.8) is 0 Å².